The van der Waals surface area contributed by atoms with Crippen molar-refractivity contribution in [1.82, 2.24) is 10.3 Å². The minimum absolute atomic E-state index is 0.354. The SMILES string of the molecule is CNC(CC1CCCO1)c1ccc2ncccc2c1. The molecule has 1 saturated heterocycles. The first kappa shape index (κ1) is 12.6. The molecule has 0 bridgehead atoms. The van der Waals surface area contributed by atoms with Crippen molar-refractivity contribution in [3.05, 3.63) is 42.1 Å². The molecule has 1 fully saturated rings. The van der Waals surface area contributed by atoms with Crippen LogP contribution in [-0.4, -0.2) is 24.7 Å². The minimum atomic E-state index is 0.354. The molecular formula is C16H20N2O. The Labute approximate surface area is 114 Å². The molecule has 2 unspecified atom stereocenters. The first-order valence-corrected chi connectivity index (χ1v) is 7.00. The van der Waals surface area contributed by atoms with Gasteiger partial charge in [-0.25, -0.2) is 0 Å². The van der Waals surface area contributed by atoms with Gasteiger partial charge < -0.3 is 10.1 Å². The number of pyridine rings is 1. The van der Waals surface area contributed by atoms with E-state index in [0.29, 0.717) is 12.1 Å². The van der Waals surface area contributed by atoms with Crippen LogP contribution in [0.1, 0.15) is 30.9 Å². The van der Waals surface area contributed by atoms with Crippen molar-refractivity contribution < 1.29 is 4.74 Å². The second-order valence-corrected chi connectivity index (χ2v) is 5.17. The highest BCUT2D eigenvalue weighted by Gasteiger charge is 2.21. The largest absolute Gasteiger partial charge is 0.378 e. The standard InChI is InChI=1S/C16H20N2O/c1-17-16(11-14-5-3-9-19-14)13-6-7-15-12(10-13)4-2-8-18-15/h2,4,6-8,10,14,16-17H,3,5,9,11H2,1H3. The van der Waals surface area contributed by atoms with Crippen LogP contribution < -0.4 is 5.32 Å². The predicted molar refractivity (Wildman–Crippen MR) is 77.1 cm³/mol. The number of benzene rings is 1. The van der Waals surface area contributed by atoms with E-state index in [-0.39, 0.29) is 0 Å². The van der Waals surface area contributed by atoms with Crippen molar-refractivity contribution in [3.8, 4) is 0 Å². The topological polar surface area (TPSA) is 34.1 Å². The number of rotatable bonds is 4. The molecule has 1 N–H and O–H groups in total. The molecule has 3 rings (SSSR count). The van der Waals surface area contributed by atoms with Gasteiger partial charge in [-0.05, 0) is 50.1 Å². The van der Waals surface area contributed by atoms with E-state index in [4.69, 9.17) is 4.74 Å². The number of hydrogen-bond donors (Lipinski definition) is 1. The average Bonchev–Trinajstić information content (AvgIpc) is 2.97. The molecule has 2 aromatic rings. The second kappa shape index (κ2) is 5.68. The summed E-state index contributed by atoms with van der Waals surface area (Å²) in [5, 5.41) is 4.61. The van der Waals surface area contributed by atoms with Crippen LogP contribution in [0.3, 0.4) is 0 Å². The first-order chi connectivity index (χ1) is 9.36. The molecule has 0 amide bonds. The molecule has 19 heavy (non-hydrogen) atoms. The van der Waals surface area contributed by atoms with E-state index < -0.39 is 0 Å². The monoisotopic (exact) mass is 256 g/mol. The number of aromatic nitrogens is 1. The summed E-state index contributed by atoms with van der Waals surface area (Å²) in [6, 6.07) is 11.0. The predicted octanol–water partition coefficient (Wildman–Crippen LogP) is 3.06. The molecule has 2 atom stereocenters. The summed E-state index contributed by atoms with van der Waals surface area (Å²) >= 11 is 0. The zero-order chi connectivity index (χ0) is 13.1. The Morgan fingerprint density at radius 3 is 3.16 bits per heavy atom. The van der Waals surface area contributed by atoms with Gasteiger partial charge in [0, 0.05) is 24.2 Å². The van der Waals surface area contributed by atoms with Gasteiger partial charge in [0.2, 0.25) is 0 Å². The molecule has 0 spiro atoms. The molecule has 100 valence electrons. The Balaban J connectivity index is 1.83. The van der Waals surface area contributed by atoms with E-state index >= 15 is 0 Å². The van der Waals surface area contributed by atoms with E-state index in [1.165, 1.54) is 23.8 Å². The van der Waals surface area contributed by atoms with Crippen LogP contribution in [0.25, 0.3) is 10.9 Å². The van der Waals surface area contributed by atoms with E-state index in [1.54, 1.807) is 0 Å². The fourth-order valence-corrected chi connectivity index (χ4v) is 2.82. The summed E-state index contributed by atoms with van der Waals surface area (Å²) in [7, 11) is 2.02. The lowest BCUT2D eigenvalue weighted by Crippen LogP contribution is -2.22. The maximum atomic E-state index is 5.74. The highest BCUT2D eigenvalue weighted by molar-refractivity contribution is 5.79. The number of hydrogen-bond acceptors (Lipinski definition) is 3. The molecule has 3 nitrogen and oxygen atoms in total. The van der Waals surface area contributed by atoms with Gasteiger partial charge in [-0.3, -0.25) is 4.98 Å². The van der Waals surface area contributed by atoms with Crippen molar-refractivity contribution in [2.45, 2.75) is 31.4 Å². The van der Waals surface area contributed by atoms with Crippen LogP contribution in [0.4, 0.5) is 0 Å². The van der Waals surface area contributed by atoms with Gasteiger partial charge in [-0.15, -0.1) is 0 Å². The van der Waals surface area contributed by atoms with Crippen molar-refractivity contribution in [2.75, 3.05) is 13.7 Å². The lowest BCUT2D eigenvalue weighted by molar-refractivity contribution is 0.0954. The van der Waals surface area contributed by atoms with E-state index in [2.05, 4.69) is 34.6 Å². The van der Waals surface area contributed by atoms with Crippen LogP contribution in [-0.2, 0) is 4.74 Å². The van der Waals surface area contributed by atoms with Crippen LogP contribution in [0.15, 0.2) is 36.5 Å². The van der Waals surface area contributed by atoms with Gasteiger partial charge in [0.15, 0.2) is 0 Å². The highest BCUT2D eigenvalue weighted by atomic mass is 16.5. The fraction of sp³-hybridized carbons (Fsp3) is 0.438. The third-order valence-electron chi connectivity index (χ3n) is 3.90. The molecule has 1 aromatic carbocycles. The fourth-order valence-electron chi connectivity index (χ4n) is 2.82. The summed E-state index contributed by atoms with van der Waals surface area (Å²) in [4.78, 5) is 4.37. The summed E-state index contributed by atoms with van der Waals surface area (Å²) in [6.07, 6.45) is 5.67. The number of fused-ring (bicyclic) bond motifs is 1. The molecule has 2 heterocycles. The Bertz CT molecular complexity index is 549. The lowest BCUT2D eigenvalue weighted by Gasteiger charge is -2.20. The Morgan fingerprint density at radius 2 is 2.37 bits per heavy atom. The Kier molecular flexibility index (Phi) is 3.76. The molecule has 0 saturated carbocycles. The van der Waals surface area contributed by atoms with E-state index in [0.717, 1.165) is 18.5 Å². The third kappa shape index (κ3) is 2.77. The minimum Gasteiger partial charge on any atom is -0.378 e. The quantitative estimate of drug-likeness (QED) is 0.913. The third-order valence-corrected chi connectivity index (χ3v) is 3.90. The summed E-state index contributed by atoms with van der Waals surface area (Å²) in [5.74, 6) is 0. The highest BCUT2D eigenvalue weighted by Crippen LogP contribution is 2.26. The summed E-state index contributed by atoms with van der Waals surface area (Å²) in [6.45, 7) is 0.919. The van der Waals surface area contributed by atoms with Gasteiger partial charge >= 0.3 is 0 Å². The molecular weight excluding hydrogens is 236 g/mol. The molecule has 1 aromatic heterocycles. The molecule has 1 aliphatic rings. The van der Waals surface area contributed by atoms with E-state index in [9.17, 15) is 0 Å². The molecule has 3 heteroatoms. The molecule has 0 aliphatic carbocycles. The van der Waals surface area contributed by atoms with Gasteiger partial charge in [0.25, 0.3) is 0 Å². The summed E-state index contributed by atoms with van der Waals surface area (Å²) in [5.41, 5.74) is 2.37. The Hall–Kier alpha value is -1.45. The number of nitrogens with one attached hydrogen (secondary N) is 1. The molecule has 0 radical (unpaired) electrons. The maximum absolute atomic E-state index is 5.74. The van der Waals surface area contributed by atoms with Crippen molar-refractivity contribution in [1.29, 1.82) is 0 Å². The number of ether oxygens (including phenoxy) is 1. The van der Waals surface area contributed by atoms with Crippen LogP contribution >= 0.6 is 0 Å². The van der Waals surface area contributed by atoms with Gasteiger partial charge in [-0.2, -0.15) is 0 Å². The van der Waals surface area contributed by atoms with Crippen LogP contribution in [0.5, 0.6) is 0 Å². The van der Waals surface area contributed by atoms with Crippen molar-refractivity contribution in [3.63, 3.8) is 0 Å². The van der Waals surface area contributed by atoms with Gasteiger partial charge in [-0.1, -0.05) is 12.1 Å². The normalized spacial score (nSPS) is 20.8. The summed E-state index contributed by atoms with van der Waals surface area (Å²) < 4.78 is 5.74. The van der Waals surface area contributed by atoms with E-state index in [1.807, 2.05) is 19.3 Å². The van der Waals surface area contributed by atoms with Gasteiger partial charge in [0.1, 0.15) is 0 Å². The zero-order valence-corrected chi connectivity index (χ0v) is 11.3. The van der Waals surface area contributed by atoms with Crippen LogP contribution in [0, 0.1) is 0 Å². The maximum Gasteiger partial charge on any atom is 0.0702 e. The van der Waals surface area contributed by atoms with Crippen molar-refractivity contribution in [2.24, 2.45) is 0 Å². The average molecular weight is 256 g/mol. The second-order valence-electron chi connectivity index (χ2n) is 5.17. The molecule has 1 aliphatic heterocycles. The zero-order valence-electron chi connectivity index (χ0n) is 11.3. The lowest BCUT2D eigenvalue weighted by atomic mass is 9.98. The van der Waals surface area contributed by atoms with Crippen LogP contribution in [0.2, 0.25) is 0 Å². The number of nitrogens with zero attached hydrogens (tertiary/aromatic N) is 1. The smallest absolute Gasteiger partial charge is 0.0702 e. The van der Waals surface area contributed by atoms with Crippen molar-refractivity contribution >= 4 is 10.9 Å². The van der Waals surface area contributed by atoms with Gasteiger partial charge in [0.05, 0.1) is 11.6 Å². The first-order valence-electron chi connectivity index (χ1n) is 7.00. The Morgan fingerprint density at radius 1 is 1.42 bits per heavy atom.